The monoisotopic (exact) mass is 284 g/mol. The standard InChI is InChI=1S/C8H4N4O4S2/c13-7(14)4-1-6(9-2-5(4)12(15)16)17-8-10-3-11-18-8/h1-3H,(H,13,14). The van der Waals surface area contributed by atoms with E-state index < -0.39 is 22.1 Å². The van der Waals surface area contributed by atoms with Gasteiger partial charge in [-0.25, -0.2) is 14.8 Å². The van der Waals surface area contributed by atoms with E-state index in [4.69, 9.17) is 5.11 Å². The first-order valence-electron chi connectivity index (χ1n) is 4.40. The molecule has 0 amide bonds. The Bertz CT molecular complexity index is 601. The van der Waals surface area contributed by atoms with E-state index in [1.54, 1.807) is 0 Å². The summed E-state index contributed by atoms with van der Waals surface area (Å²) in [5.41, 5.74) is -0.939. The molecule has 10 heteroatoms. The second kappa shape index (κ2) is 5.06. The molecular weight excluding hydrogens is 280 g/mol. The van der Waals surface area contributed by atoms with Gasteiger partial charge in [-0.05, 0) is 29.4 Å². The third-order valence-corrected chi connectivity index (χ3v) is 3.47. The van der Waals surface area contributed by atoms with Crippen molar-refractivity contribution in [2.45, 2.75) is 9.37 Å². The van der Waals surface area contributed by atoms with Gasteiger partial charge in [0.2, 0.25) is 0 Å². The molecule has 0 saturated carbocycles. The summed E-state index contributed by atoms with van der Waals surface area (Å²) in [6, 6.07) is 1.15. The van der Waals surface area contributed by atoms with Gasteiger partial charge in [-0.15, -0.1) is 0 Å². The number of aromatic carboxylic acids is 1. The highest BCUT2D eigenvalue weighted by Gasteiger charge is 2.21. The summed E-state index contributed by atoms with van der Waals surface area (Å²) < 4.78 is 4.36. The summed E-state index contributed by atoms with van der Waals surface area (Å²) in [7, 11) is 0. The van der Waals surface area contributed by atoms with Crippen LogP contribution >= 0.6 is 23.3 Å². The van der Waals surface area contributed by atoms with Crippen molar-refractivity contribution >= 4 is 35.0 Å². The van der Waals surface area contributed by atoms with Crippen LogP contribution in [0.15, 0.2) is 28.0 Å². The van der Waals surface area contributed by atoms with Crippen molar-refractivity contribution < 1.29 is 14.8 Å². The zero-order valence-corrected chi connectivity index (χ0v) is 10.1. The third kappa shape index (κ3) is 2.60. The maximum absolute atomic E-state index is 10.9. The van der Waals surface area contributed by atoms with E-state index in [1.165, 1.54) is 6.33 Å². The second-order valence-corrected chi connectivity index (χ2v) is 4.96. The van der Waals surface area contributed by atoms with Crippen LogP contribution in [0.5, 0.6) is 0 Å². The van der Waals surface area contributed by atoms with Gasteiger partial charge in [0.15, 0.2) is 4.34 Å². The number of rotatable bonds is 4. The molecule has 0 aliphatic heterocycles. The van der Waals surface area contributed by atoms with Crippen LogP contribution in [0.25, 0.3) is 0 Å². The second-order valence-electron chi connectivity index (χ2n) is 2.91. The summed E-state index contributed by atoms with van der Waals surface area (Å²) in [6.07, 6.45) is 2.28. The molecule has 2 rings (SSSR count). The number of hydrogen-bond acceptors (Lipinski definition) is 8. The average Bonchev–Trinajstić information content (AvgIpc) is 2.81. The van der Waals surface area contributed by atoms with E-state index in [2.05, 4.69) is 14.3 Å². The number of nitro groups is 1. The average molecular weight is 284 g/mol. The van der Waals surface area contributed by atoms with E-state index >= 15 is 0 Å². The Hall–Kier alpha value is -2.07. The van der Waals surface area contributed by atoms with Crippen molar-refractivity contribution in [3.63, 3.8) is 0 Å². The lowest BCUT2D eigenvalue weighted by Gasteiger charge is -2.00. The fourth-order valence-corrected chi connectivity index (χ4v) is 2.47. The molecule has 0 unspecified atom stereocenters. The van der Waals surface area contributed by atoms with Crippen molar-refractivity contribution in [1.82, 2.24) is 14.3 Å². The molecule has 0 radical (unpaired) electrons. The first kappa shape index (κ1) is 12.4. The van der Waals surface area contributed by atoms with Gasteiger partial charge in [-0.2, -0.15) is 4.37 Å². The summed E-state index contributed by atoms with van der Waals surface area (Å²) >= 11 is 2.22. The SMILES string of the molecule is O=C(O)c1cc(Sc2ncns2)ncc1[N+](=O)[O-]. The van der Waals surface area contributed by atoms with E-state index in [0.717, 1.165) is 35.6 Å². The Kier molecular flexibility index (Phi) is 3.48. The van der Waals surface area contributed by atoms with Crippen LogP contribution in [0, 0.1) is 10.1 Å². The molecule has 0 aliphatic carbocycles. The molecule has 8 nitrogen and oxygen atoms in total. The van der Waals surface area contributed by atoms with Crippen molar-refractivity contribution in [3.05, 3.63) is 34.3 Å². The predicted octanol–water partition coefficient (Wildman–Crippen LogP) is 1.69. The van der Waals surface area contributed by atoms with Crippen LogP contribution in [-0.4, -0.2) is 30.3 Å². The van der Waals surface area contributed by atoms with Crippen molar-refractivity contribution in [1.29, 1.82) is 0 Å². The topological polar surface area (TPSA) is 119 Å². The highest BCUT2D eigenvalue weighted by Crippen LogP contribution is 2.29. The number of aromatic nitrogens is 3. The molecule has 0 aliphatic rings. The molecule has 0 bridgehead atoms. The molecule has 92 valence electrons. The molecule has 0 fully saturated rings. The highest BCUT2D eigenvalue weighted by atomic mass is 32.2. The molecule has 0 atom stereocenters. The molecule has 2 heterocycles. The van der Waals surface area contributed by atoms with Gasteiger partial charge in [0.1, 0.15) is 23.1 Å². The summed E-state index contributed by atoms with van der Waals surface area (Å²) in [5, 5.41) is 19.8. The predicted molar refractivity (Wildman–Crippen MR) is 61.9 cm³/mol. The number of carboxylic acids is 1. The fourth-order valence-electron chi connectivity index (χ4n) is 1.10. The molecule has 0 spiro atoms. The highest BCUT2D eigenvalue weighted by molar-refractivity contribution is 8.00. The third-order valence-electron chi connectivity index (χ3n) is 1.82. The van der Waals surface area contributed by atoms with Crippen LogP contribution < -0.4 is 0 Å². The summed E-state index contributed by atoms with van der Waals surface area (Å²) in [5.74, 6) is -1.37. The number of carbonyl (C=O) groups is 1. The van der Waals surface area contributed by atoms with Gasteiger partial charge in [-0.3, -0.25) is 10.1 Å². The normalized spacial score (nSPS) is 10.2. The molecule has 0 aromatic carbocycles. The molecule has 0 saturated heterocycles. The van der Waals surface area contributed by atoms with Crippen molar-refractivity contribution in [2.75, 3.05) is 0 Å². The van der Waals surface area contributed by atoms with Gasteiger partial charge in [-0.1, -0.05) is 0 Å². The van der Waals surface area contributed by atoms with E-state index in [-0.39, 0.29) is 0 Å². The Morgan fingerprint density at radius 1 is 1.50 bits per heavy atom. The van der Waals surface area contributed by atoms with Crippen LogP contribution in [0.3, 0.4) is 0 Å². The van der Waals surface area contributed by atoms with E-state index in [9.17, 15) is 14.9 Å². The Labute approximate surface area is 108 Å². The van der Waals surface area contributed by atoms with E-state index in [0.29, 0.717) is 9.37 Å². The zero-order chi connectivity index (χ0) is 13.1. The molecule has 18 heavy (non-hydrogen) atoms. The summed E-state index contributed by atoms with van der Waals surface area (Å²) in [6.45, 7) is 0. The van der Waals surface area contributed by atoms with Crippen LogP contribution in [0.4, 0.5) is 5.69 Å². The van der Waals surface area contributed by atoms with Gasteiger partial charge < -0.3 is 5.11 Å². The lowest BCUT2D eigenvalue weighted by atomic mass is 10.2. The summed E-state index contributed by atoms with van der Waals surface area (Å²) in [4.78, 5) is 28.5. The maximum Gasteiger partial charge on any atom is 0.342 e. The smallest absolute Gasteiger partial charge is 0.342 e. The van der Waals surface area contributed by atoms with E-state index in [1.807, 2.05) is 0 Å². The van der Waals surface area contributed by atoms with Crippen LogP contribution in [0.2, 0.25) is 0 Å². The fraction of sp³-hybridized carbons (Fsp3) is 0. The Balaban J connectivity index is 2.37. The molecule has 2 aromatic heterocycles. The maximum atomic E-state index is 10.9. The Morgan fingerprint density at radius 3 is 2.83 bits per heavy atom. The molecule has 2 aromatic rings. The van der Waals surface area contributed by atoms with Crippen LogP contribution in [-0.2, 0) is 0 Å². The van der Waals surface area contributed by atoms with Crippen molar-refractivity contribution in [3.8, 4) is 0 Å². The van der Waals surface area contributed by atoms with Crippen molar-refractivity contribution in [2.24, 2.45) is 0 Å². The van der Waals surface area contributed by atoms with Crippen LogP contribution in [0.1, 0.15) is 10.4 Å². The van der Waals surface area contributed by atoms with Gasteiger partial charge in [0.05, 0.1) is 4.92 Å². The number of pyridine rings is 1. The molecular formula is C8H4N4O4S2. The quantitative estimate of drug-likeness (QED) is 0.665. The van der Waals surface area contributed by atoms with Gasteiger partial charge in [0.25, 0.3) is 0 Å². The zero-order valence-electron chi connectivity index (χ0n) is 8.51. The minimum Gasteiger partial charge on any atom is -0.477 e. The molecule has 1 N–H and O–H groups in total. The number of hydrogen-bond donors (Lipinski definition) is 1. The first-order chi connectivity index (χ1) is 8.58. The van der Waals surface area contributed by atoms with Gasteiger partial charge >= 0.3 is 11.7 Å². The Morgan fingerprint density at radius 2 is 2.28 bits per heavy atom. The van der Waals surface area contributed by atoms with Gasteiger partial charge in [0, 0.05) is 0 Å². The largest absolute Gasteiger partial charge is 0.477 e. The first-order valence-corrected chi connectivity index (χ1v) is 5.99. The minimum atomic E-state index is -1.37. The lowest BCUT2D eigenvalue weighted by Crippen LogP contribution is -2.03. The lowest BCUT2D eigenvalue weighted by molar-refractivity contribution is -0.385. The number of carboxylic acid groups (broad SMARTS) is 1. The minimum absolute atomic E-state index is 0.315. The number of nitrogens with zero attached hydrogens (tertiary/aromatic N) is 4.